The first-order valence-corrected chi connectivity index (χ1v) is 7.87. The number of nitriles is 1. The summed E-state index contributed by atoms with van der Waals surface area (Å²) >= 11 is 1.58. The number of rotatable bonds is 3. The van der Waals surface area contributed by atoms with Crippen LogP contribution in [-0.4, -0.2) is 53.5 Å². The second-order valence-electron chi connectivity index (χ2n) is 4.70. The van der Waals surface area contributed by atoms with Crippen LogP contribution >= 0.6 is 11.8 Å². The van der Waals surface area contributed by atoms with Crippen LogP contribution in [0.15, 0.2) is 18.3 Å². The van der Waals surface area contributed by atoms with Gasteiger partial charge >= 0.3 is 0 Å². The minimum atomic E-state index is 0.0154. The van der Waals surface area contributed by atoms with Crippen LogP contribution in [0.25, 0.3) is 0 Å². The molecule has 1 amide bonds. The number of hydrogen-bond donors (Lipinski definition) is 0. The van der Waals surface area contributed by atoms with Crippen LogP contribution in [0.1, 0.15) is 12.5 Å². The molecule has 6 heteroatoms. The van der Waals surface area contributed by atoms with E-state index in [0.717, 1.165) is 18.9 Å². The summed E-state index contributed by atoms with van der Waals surface area (Å²) < 4.78 is 0. The maximum Gasteiger partial charge on any atom is 0.235 e. The molecule has 0 N–H and O–H groups in total. The minimum absolute atomic E-state index is 0.0154. The number of hydrogen-bond acceptors (Lipinski definition) is 5. The summed E-state index contributed by atoms with van der Waals surface area (Å²) in [5, 5.41) is 8.93. The van der Waals surface area contributed by atoms with Crippen molar-refractivity contribution in [3.8, 4) is 6.07 Å². The topological polar surface area (TPSA) is 60.2 Å². The molecule has 106 valence electrons. The lowest BCUT2D eigenvalue weighted by Gasteiger charge is -2.36. The van der Waals surface area contributed by atoms with Crippen LogP contribution in [0.3, 0.4) is 0 Å². The van der Waals surface area contributed by atoms with Gasteiger partial charge in [0.2, 0.25) is 5.91 Å². The molecule has 1 aromatic heterocycles. The lowest BCUT2D eigenvalue weighted by Crippen LogP contribution is -2.50. The third kappa shape index (κ3) is 3.23. The van der Waals surface area contributed by atoms with Gasteiger partial charge in [-0.2, -0.15) is 17.0 Å². The number of nitrogens with zero attached hydrogens (tertiary/aromatic N) is 4. The minimum Gasteiger partial charge on any atom is -0.353 e. The summed E-state index contributed by atoms with van der Waals surface area (Å²) in [5.74, 6) is 1.02. The number of pyridine rings is 1. The van der Waals surface area contributed by atoms with Crippen molar-refractivity contribution in [3.05, 3.63) is 23.9 Å². The summed E-state index contributed by atoms with van der Waals surface area (Å²) in [6, 6.07) is 5.61. The molecule has 2 rings (SSSR count). The molecule has 0 spiro atoms. The standard InChI is InChI=1S/C14H18N4OS/c1-11(20-2)14(19)18-7-5-17(6-8-18)13-9-12(10-15)3-4-16-13/h3-4,9,11H,5-8H2,1-2H3/t11-/m0/s1. The van der Waals surface area contributed by atoms with Gasteiger partial charge < -0.3 is 9.80 Å². The monoisotopic (exact) mass is 290 g/mol. The Morgan fingerprint density at radius 1 is 1.45 bits per heavy atom. The van der Waals surface area contributed by atoms with Gasteiger partial charge in [0, 0.05) is 32.4 Å². The fourth-order valence-corrected chi connectivity index (χ4v) is 2.53. The summed E-state index contributed by atoms with van der Waals surface area (Å²) in [5.41, 5.74) is 0.615. The largest absolute Gasteiger partial charge is 0.353 e. The summed E-state index contributed by atoms with van der Waals surface area (Å²) in [4.78, 5) is 20.4. The first kappa shape index (κ1) is 14.7. The SMILES string of the molecule is CS[C@@H](C)C(=O)N1CCN(c2cc(C#N)ccn2)CC1. The third-order valence-electron chi connectivity index (χ3n) is 3.49. The maximum atomic E-state index is 12.1. The molecule has 0 saturated carbocycles. The van der Waals surface area contributed by atoms with E-state index in [1.807, 2.05) is 18.1 Å². The molecule has 0 aliphatic carbocycles. The van der Waals surface area contributed by atoms with E-state index < -0.39 is 0 Å². The second-order valence-corrected chi connectivity index (χ2v) is 5.88. The maximum absolute atomic E-state index is 12.1. The molecule has 0 bridgehead atoms. The summed E-state index contributed by atoms with van der Waals surface area (Å²) in [7, 11) is 0. The smallest absolute Gasteiger partial charge is 0.235 e. The average Bonchev–Trinajstić information content (AvgIpc) is 2.53. The molecule has 1 fully saturated rings. The fourth-order valence-electron chi connectivity index (χ4n) is 2.17. The first-order chi connectivity index (χ1) is 9.65. The highest BCUT2D eigenvalue weighted by Gasteiger charge is 2.24. The van der Waals surface area contributed by atoms with Gasteiger partial charge in [-0.25, -0.2) is 4.98 Å². The molecule has 5 nitrogen and oxygen atoms in total. The molecule has 2 heterocycles. The predicted octanol–water partition coefficient (Wildman–Crippen LogP) is 1.35. The van der Waals surface area contributed by atoms with E-state index in [9.17, 15) is 4.79 Å². The number of piperazine rings is 1. The van der Waals surface area contributed by atoms with E-state index in [1.165, 1.54) is 0 Å². The van der Waals surface area contributed by atoms with Gasteiger partial charge in [-0.3, -0.25) is 4.79 Å². The van der Waals surface area contributed by atoms with Crippen LogP contribution in [0.2, 0.25) is 0 Å². The van der Waals surface area contributed by atoms with Crippen molar-refractivity contribution in [1.82, 2.24) is 9.88 Å². The predicted molar refractivity (Wildman–Crippen MR) is 80.7 cm³/mol. The number of anilines is 1. The van der Waals surface area contributed by atoms with Crippen molar-refractivity contribution >= 4 is 23.5 Å². The second kappa shape index (κ2) is 6.62. The van der Waals surface area contributed by atoms with E-state index in [0.29, 0.717) is 18.7 Å². The zero-order valence-corrected chi connectivity index (χ0v) is 12.6. The average molecular weight is 290 g/mol. The van der Waals surface area contributed by atoms with Gasteiger partial charge in [-0.1, -0.05) is 0 Å². The van der Waals surface area contributed by atoms with Crippen molar-refractivity contribution in [1.29, 1.82) is 5.26 Å². The number of amides is 1. The Labute approximate surface area is 123 Å². The third-order valence-corrected chi connectivity index (χ3v) is 4.40. The molecular formula is C14H18N4OS. The lowest BCUT2D eigenvalue weighted by atomic mass is 10.2. The highest BCUT2D eigenvalue weighted by molar-refractivity contribution is 7.99. The Bertz CT molecular complexity index is 520. The quantitative estimate of drug-likeness (QED) is 0.841. The van der Waals surface area contributed by atoms with Gasteiger partial charge in [-0.05, 0) is 25.3 Å². The summed E-state index contributed by atoms with van der Waals surface area (Å²) in [6.45, 7) is 4.88. The Morgan fingerprint density at radius 2 is 2.15 bits per heavy atom. The zero-order valence-electron chi connectivity index (χ0n) is 11.7. The van der Waals surface area contributed by atoms with Gasteiger partial charge in [0.25, 0.3) is 0 Å². The Hall–Kier alpha value is -1.74. The molecule has 0 unspecified atom stereocenters. The number of thioether (sulfide) groups is 1. The van der Waals surface area contributed by atoms with Gasteiger partial charge in [0.05, 0.1) is 16.9 Å². The van der Waals surface area contributed by atoms with Gasteiger partial charge in [0.15, 0.2) is 0 Å². The van der Waals surface area contributed by atoms with Crippen molar-refractivity contribution in [2.24, 2.45) is 0 Å². The van der Waals surface area contributed by atoms with E-state index in [2.05, 4.69) is 16.0 Å². The lowest BCUT2D eigenvalue weighted by molar-refractivity contribution is -0.130. The van der Waals surface area contributed by atoms with E-state index in [1.54, 1.807) is 30.1 Å². The highest BCUT2D eigenvalue weighted by Crippen LogP contribution is 2.16. The van der Waals surface area contributed by atoms with Crippen LogP contribution in [-0.2, 0) is 4.79 Å². The van der Waals surface area contributed by atoms with E-state index >= 15 is 0 Å². The van der Waals surface area contributed by atoms with Gasteiger partial charge in [-0.15, -0.1) is 0 Å². The van der Waals surface area contributed by atoms with Crippen molar-refractivity contribution in [2.45, 2.75) is 12.2 Å². The molecule has 1 aliphatic rings. The van der Waals surface area contributed by atoms with Crippen LogP contribution in [0.4, 0.5) is 5.82 Å². The van der Waals surface area contributed by atoms with Gasteiger partial charge in [0.1, 0.15) is 5.82 Å². The molecule has 1 atom stereocenters. The van der Waals surface area contributed by atoms with Crippen LogP contribution < -0.4 is 4.90 Å². The number of carbonyl (C=O) groups is 1. The van der Waals surface area contributed by atoms with Crippen molar-refractivity contribution in [3.63, 3.8) is 0 Å². The fraction of sp³-hybridized carbons (Fsp3) is 0.500. The van der Waals surface area contributed by atoms with E-state index in [-0.39, 0.29) is 11.2 Å². The Kier molecular flexibility index (Phi) is 4.85. The molecule has 1 saturated heterocycles. The normalized spacial score (nSPS) is 16.6. The van der Waals surface area contributed by atoms with Crippen molar-refractivity contribution in [2.75, 3.05) is 37.3 Å². The molecule has 0 aromatic carbocycles. The molecular weight excluding hydrogens is 272 g/mol. The van der Waals surface area contributed by atoms with Crippen LogP contribution in [0, 0.1) is 11.3 Å². The van der Waals surface area contributed by atoms with Crippen molar-refractivity contribution < 1.29 is 4.79 Å². The molecule has 0 radical (unpaired) electrons. The number of carbonyl (C=O) groups excluding carboxylic acids is 1. The molecule has 1 aliphatic heterocycles. The Balaban J connectivity index is 1.97. The van der Waals surface area contributed by atoms with E-state index in [4.69, 9.17) is 5.26 Å². The van der Waals surface area contributed by atoms with Crippen LogP contribution in [0.5, 0.6) is 0 Å². The highest BCUT2D eigenvalue weighted by atomic mass is 32.2. The summed E-state index contributed by atoms with van der Waals surface area (Å²) in [6.07, 6.45) is 3.61. The number of aromatic nitrogens is 1. The molecule has 20 heavy (non-hydrogen) atoms. The first-order valence-electron chi connectivity index (χ1n) is 6.58. The Morgan fingerprint density at radius 3 is 2.75 bits per heavy atom. The zero-order chi connectivity index (χ0) is 14.5. The molecule has 1 aromatic rings.